The molecule has 8 nitrogen and oxygen atoms in total. The lowest BCUT2D eigenvalue weighted by Crippen LogP contribution is -2.29. The zero-order chi connectivity index (χ0) is 26.9. The van der Waals surface area contributed by atoms with Crippen LogP contribution < -0.4 is 19.7 Å². The van der Waals surface area contributed by atoms with E-state index in [0.29, 0.717) is 22.7 Å². The SMILES string of the molecule is COc1cccc(C2/C(=C(\O)c3cc(Cl)cc(Cl)c3OC)C(=O)C(=O)N2c2ccc(NC(C)=O)cc2)c1. The molecule has 1 saturated heterocycles. The van der Waals surface area contributed by atoms with Crippen molar-refractivity contribution in [2.24, 2.45) is 0 Å². The van der Waals surface area contributed by atoms with Crippen LogP contribution >= 0.6 is 23.2 Å². The van der Waals surface area contributed by atoms with Crippen molar-refractivity contribution >= 4 is 57.9 Å². The number of benzene rings is 3. The van der Waals surface area contributed by atoms with E-state index in [1.807, 2.05) is 0 Å². The highest BCUT2D eigenvalue weighted by atomic mass is 35.5. The fourth-order valence-electron chi connectivity index (χ4n) is 4.22. The first-order valence-electron chi connectivity index (χ1n) is 11.0. The molecule has 0 bridgehead atoms. The average Bonchev–Trinajstić information content (AvgIpc) is 3.13. The quantitative estimate of drug-likeness (QED) is 0.239. The Morgan fingerprint density at radius 2 is 1.70 bits per heavy atom. The fraction of sp³-hybridized carbons (Fsp3) is 0.148. The van der Waals surface area contributed by atoms with E-state index in [2.05, 4.69) is 5.32 Å². The van der Waals surface area contributed by atoms with E-state index in [-0.39, 0.29) is 32.8 Å². The first kappa shape index (κ1) is 26.1. The van der Waals surface area contributed by atoms with Crippen LogP contribution in [0.5, 0.6) is 11.5 Å². The van der Waals surface area contributed by atoms with Gasteiger partial charge >= 0.3 is 0 Å². The molecule has 0 saturated carbocycles. The Morgan fingerprint density at radius 1 is 1.00 bits per heavy atom. The van der Waals surface area contributed by atoms with Crippen molar-refractivity contribution in [3.63, 3.8) is 0 Å². The molecule has 1 unspecified atom stereocenters. The number of ketones is 1. The Kier molecular flexibility index (Phi) is 7.42. The lowest BCUT2D eigenvalue weighted by Gasteiger charge is -2.26. The number of aliphatic hydroxyl groups is 1. The smallest absolute Gasteiger partial charge is 0.300 e. The Bertz CT molecular complexity index is 1440. The van der Waals surface area contributed by atoms with Crippen LogP contribution in [0.1, 0.15) is 24.1 Å². The number of carbonyl (C=O) groups excluding carboxylic acids is 3. The van der Waals surface area contributed by atoms with Crippen molar-refractivity contribution in [2.45, 2.75) is 13.0 Å². The number of rotatable bonds is 6. The summed E-state index contributed by atoms with van der Waals surface area (Å²) in [5.74, 6) is -1.92. The van der Waals surface area contributed by atoms with Crippen molar-refractivity contribution < 1.29 is 29.0 Å². The van der Waals surface area contributed by atoms with Crippen LogP contribution in [-0.4, -0.2) is 36.9 Å². The van der Waals surface area contributed by atoms with Crippen LogP contribution in [-0.2, 0) is 14.4 Å². The summed E-state index contributed by atoms with van der Waals surface area (Å²) >= 11 is 12.4. The number of anilines is 2. The summed E-state index contributed by atoms with van der Waals surface area (Å²) in [5, 5.41) is 14.4. The maximum Gasteiger partial charge on any atom is 0.300 e. The number of hydrogen-bond donors (Lipinski definition) is 2. The van der Waals surface area contributed by atoms with Crippen LogP contribution in [0.2, 0.25) is 10.0 Å². The summed E-state index contributed by atoms with van der Waals surface area (Å²) in [6.07, 6.45) is 0. The molecular formula is C27H22Cl2N2O6. The molecule has 4 rings (SSSR count). The van der Waals surface area contributed by atoms with Crippen LogP contribution in [0.3, 0.4) is 0 Å². The average molecular weight is 541 g/mol. The van der Waals surface area contributed by atoms with Crippen LogP contribution in [0.25, 0.3) is 5.76 Å². The van der Waals surface area contributed by atoms with Gasteiger partial charge in [0, 0.05) is 23.3 Å². The molecule has 2 amide bonds. The summed E-state index contributed by atoms with van der Waals surface area (Å²) in [4.78, 5) is 39.5. The molecule has 0 aromatic heterocycles. The third-order valence-electron chi connectivity index (χ3n) is 5.79. The largest absolute Gasteiger partial charge is 0.507 e. The molecule has 1 atom stereocenters. The molecule has 2 N–H and O–H groups in total. The van der Waals surface area contributed by atoms with Crippen LogP contribution in [0, 0.1) is 0 Å². The standard InChI is InChI=1S/C27H22Cl2N2O6/c1-14(32)30-17-7-9-18(10-8-17)31-23(15-5-4-6-19(11-15)36-2)22(25(34)27(31)35)24(33)20-12-16(28)13-21(29)26(20)37-3/h4-13,23,33H,1-3H3,(H,30,32)/b24-22+. The van der Waals surface area contributed by atoms with Gasteiger partial charge in [0.25, 0.3) is 11.7 Å². The summed E-state index contributed by atoms with van der Waals surface area (Å²) in [6.45, 7) is 1.38. The predicted octanol–water partition coefficient (Wildman–Crippen LogP) is 5.60. The Hall–Kier alpha value is -4.01. The maximum absolute atomic E-state index is 13.4. The van der Waals surface area contributed by atoms with Gasteiger partial charge in [-0.1, -0.05) is 35.3 Å². The van der Waals surface area contributed by atoms with Gasteiger partial charge < -0.3 is 19.9 Å². The summed E-state index contributed by atoms with van der Waals surface area (Å²) in [5.41, 5.74) is 1.29. The molecule has 190 valence electrons. The van der Waals surface area contributed by atoms with Crippen molar-refractivity contribution in [1.29, 1.82) is 0 Å². The molecule has 37 heavy (non-hydrogen) atoms. The normalized spacial score (nSPS) is 16.6. The van der Waals surface area contributed by atoms with Gasteiger partial charge in [-0.2, -0.15) is 0 Å². The highest BCUT2D eigenvalue weighted by Crippen LogP contribution is 2.45. The highest BCUT2D eigenvalue weighted by molar-refractivity contribution is 6.52. The van der Waals surface area contributed by atoms with E-state index in [0.717, 1.165) is 0 Å². The van der Waals surface area contributed by atoms with E-state index in [1.165, 1.54) is 38.2 Å². The molecule has 0 spiro atoms. The van der Waals surface area contributed by atoms with E-state index in [1.54, 1.807) is 48.5 Å². The minimum atomic E-state index is -1.02. The molecule has 10 heteroatoms. The molecule has 3 aromatic rings. The molecule has 0 radical (unpaired) electrons. The van der Waals surface area contributed by atoms with Crippen molar-refractivity contribution in [3.8, 4) is 11.5 Å². The minimum absolute atomic E-state index is 0.0619. The second-order valence-corrected chi connectivity index (χ2v) is 8.99. The van der Waals surface area contributed by atoms with Crippen molar-refractivity contribution in [2.75, 3.05) is 24.4 Å². The Labute approximate surface area is 223 Å². The molecule has 1 aliphatic heterocycles. The lowest BCUT2D eigenvalue weighted by molar-refractivity contribution is -0.132. The number of nitrogens with zero attached hydrogens (tertiary/aromatic N) is 1. The molecule has 1 heterocycles. The van der Waals surface area contributed by atoms with Crippen LogP contribution in [0.4, 0.5) is 11.4 Å². The number of ether oxygens (including phenoxy) is 2. The van der Waals surface area contributed by atoms with E-state index < -0.39 is 23.5 Å². The lowest BCUT2D eigenvalue weighted by atomic mass is 9.94. The molecule has 0 aliphatic carbocycles. The number of Topliss-reactive ketones (excluding diaryl/α,β-unsaturated/α-hetero) is 1. The molecule has 1 aliphatic rings. The third-order valence-corrected chi connectivity index (χ3v) is 6.29. The number of halogens is 2. The van der Waals surface area contributed by atoms with Gasteiger partial charge in [-0.25, -0.2) is 0 Å². The summed E-state index contributed by atoms with van der Waals surface area (Å²) < 4.78 is 10.7. The number of amides is 2. The van der Waals surface area contributed by atoms with Gasteiger partial charge in [0.15, 0.2) is 0 Å². The summed E-state index contributed by atoms with van der Waals surface area (Å²) in [7, 11) is 2.86. The number of hydrogen-bond acceptors (Lipinski definition) is 6. The van der Waals surface area contributed by atoms with Gasteiger partial charge in [0.1, 0.15) is 17.3 Å². The topological polar surface area (TPSA) is 105 Å². The number of methoxy groups -OCH3 is 2. The minimum Gasteiger partial charge on any atom is -0.507 e. The predicted molar refractivity (Wildman–Crippen MR) is 142 cm³/mol. The zero-order valence-electron chi connectivity index (χ0n) is 20.0. The molecule has 1 fully saturated rings. The van der Waals surface area contributed by atoms with Gasteiger partial charge in [0.05, 0.1) is 36.4 Å². The van der Waals surface area contributed by atoms with E-state index in [9.17, 15) is 19.5 Å². The number of aliphatic hydroxyl groups excluding tert-OH is 1. The van der Waals surface area contributed by atoms with Crippen LogP contribution in [0.15, 0.2) is 66.2 Å². The first-order chi connectivity index (χ1) is 17.7. The first-order valence-corrected chi connectivity index (χ1v) is 11.8. The summed E-state index contributed by atoms with van der Waals surface area (Å²) in [6, 6.07) is 15.1. The zero-order valence-corrected chi connectivity index (χ0v) is 21.6. The monoisotopic (exact) mass is 540 g/mol. The number of carbonyl (C=O) groups is 3. The van der Waals surface area contributed by atoms with E-state index >= 15 is 0 Å². The number of nitrogens with one attached hydrogen (secondary N) is 1. The van der Waals surface area contributed by atoms with E-state index in [4.69, 9.17) is 32.7 Å². The van der Waals surface area contributed by atoms with Crippen molar-refractivity contribution in [1.82, 2.24) is 0 Å². The highest BCUT2D eigenvalue weighted by Gasteiger charge is 2.47. The van der Waals surface area contributed by atoms with Crippen molar-refractivity contribution in [3.05, 3.63) is 87.4 Å². The van der Waals surface area contributed by atoms with Gasteiger partial charge in [-0.05, 0) is 54.1 Å². The fourth-order valence-corrected chi connectivity index (χ4v) is 4.79. The molecule has 3 aromatic carbocycles. The second kappa shape index (κ2) is 10.5. The van der Waals surface area contributed by atoms with Gasteiger partial charge in [-0.3, -0.25) is 19.3 Å². The Morgan fingerprint density at radius 3 is 2.32 bits per heavy atom. The molecular weight excluding hydrogens is 519 g/mol. The third kappa shape index (κ3) is 4.98. The Balaban J connectivity index is 1.96. The second-order valence-electron chi connectivity index (χ2n) is 8.14. The van der Waals surface area contributed by atoms with Gasteiger partial charge in [-0.15, -0.1) is 0 Å². The van der Waals surface area contributed by atoms with Gasteiger partial charge in [0.2, 0.25) is 5.91 Å². The maximum atomic E-state index is 13.4.